The van der Waals surface area contributed by atoms with E-state index in [4.69, 9.17) is 0 Å². The molecule has 2 N–H and O–H groups in total. The smallest absolute Gasteiger partial charge is 0.234 e. The van der Waals surface area contributed by atoms with E-state index in [-0.39, 0.29) is 5.91 Å². The van der Waals surface area contributed by atoms with Crippen LogP contribution in [0.15, 0.2) is 54.7 Å². The van der Waals surface area contributed by atoms with Gasteiger partial charge in [0.25, 0.3) is 0 Å². The predicted octanol–water partition coefficient (Wildman–Crippen LogP) is 3.27. The maximum absolute atomic E-state index is 12.1. The minimum absolute atomic E-state index is 0.0643. The van der Waals surface area contributed by atoms with Gasteiger partial charge in [-0.2, -0.15) is 0 Å². The largest absolute Gasteiger partial charge is 0.361 e. The van der Waals surface area contributed by atoms with Crippen LogP contribution in [0.4, 0.5) is 0 Å². The van der Waals surface area contributed by atoms with Crippen LogP contribution < -0.4 is 5.32 Å². The number of amides is 1. The Morgan fingerprint density at radius 2 is 1.88 bits per heavy atom. The summed E-state index contributed by atoms with van der Waals surface area (Å²) in [6.07, 6.45) is 2.86. The topological polar surface area (TPSA) is 48.1 Å². The third-order valence-electron chi connectivity index (χ3n) is 4.38. The molecule has 3 aromatic rings. The molecular weight excluding hydrogens is 310 g/mol. The van der Waals surface area contributed by atoms with Crippen molar-refractivity contribution >= 4 is 16.8 Å². The summed E-state index contributed by atoms with van der Waals surface area (Å²) in [5.41, 5.74) is 4.85. The zero-order valence-electron chi connectivity index (χ0n) is 14.9. The Kier molecular flexibility index (Phi) is 5.51. The molecule has 0 saturated carbocycles. The van der Waals surface area contributed by atoms with E-state index in [2.05, 4.69) is 53.6 Å². The van der Waals surface area contributed by atoms with Crippen molar-refractivity contribution < 1.29 is 4.79 Å². The molecule has 4 heteroatoms. The summed E-state index contributed by atoms with van der Waals surface area (Å²) in [5, 5.41) is 4.25. The summed E-state index contributed by atoms with van der Waals surface area (Å²) in [6, 6.07) is 16.7. The van der Waals surface area contributed by atoms with Crippen LogP contribution in [-0.2, 0) is 17.8 Å². The van der Waals surface area contributed by atoms with Gasteiger partial charge in [0.05, 0.1) is 6.54 Å². The first-order valence-corrected chi connectivity index (χ1v) is 8.67. The molecule has 0 bridgehead atoms. The summed E-state index contributed by atoms with van der Waals surface area (Å²) in [5.74, 6) is 0.0643. The van der Waals surface area contributed by atoms with Gasteiger partial charge in [-0.3, -0.25) is 9.69 Å². The molecule has 0 fully saturated rings. The van der Waals surface area contributed by atoms with E-state index in [1.807, 2.05) is 30.3 Å². The predicted molar refractivity (Wildman–Crippen MR) is 103 cm³/mol. The molecule has 0 unspecified atom stereocenters. The molecule has 4 nitrogen and oxygen atoms in total. The Bertz CT molecular complexity index is 836. The number of nitrogens with one attached hydrogen (secondary N) is 2. The minimum atomic E-state index is 0.0643. The molecule has 3 rings (SSSR count). The van der Waals surface area contributed by atoms with Crippen molar-refractivity contribution in [3.63, 3.8) is 0 Å². The molecule has 0 spiro atoms. The molecule has 0 radical (unpaired) electrons. The van der Waals surface area contributed by atoms with Gasteiger partial charge in [-0.15, -0.1) is 0 Å². The second-order valence-corrected chi connectivity index (χ2v) is 6.62. The van der Waals surface area contributed by atoms with Crippen molar-refractivity contribution in [1.29, 1.82) is 0 Å². The fourth-order valence-corrected chi connectivity index (χ4v) is 3.04. The second kappa shape index (κ2) is 7.99. The van der Waals surface area contributed by atoms with Crippen molar-refractivity contribution in [2.75, 3.05) is 20.1 Å². The van der Waals surface area contributed by atoms with Crippen molar-refractivity contribution in [2.24, 2.45) is 0 Å². The quantitative estimate of drug-likeness (QED) is 0.696. The van der Waals surface area contributed by atoms with E-state index >= 15 is 0 Å². The van der Waals surface area contributed by atoms with Gasteiger partial charge in [0.2, 0.25) is 5.91 Å². The lowest BCUT2D eigenvalue weighted by molar-refractivity contribution is -0.122. The van der Waals surface area contributed by atoms with Crippen LogP contribution in [0.25, 0.3) is 10.9 Å². The third kappa shape index (κ3) is 4.70. The first kappa shape index (κ1) is 17.2. The Hall–Kier alpha value is -2.59. The van der Waals surface area contributed by atoms with Crippen LogP contribution in [0, 0.1) is 6.92 Å². The van der Waals surface area contributed by atoms with E-state index in [9.17, 15) is 4.79 Å². The highest BCUT2D eigenvalue weighted by Gasteiger charge is 2.08. The van der Waals surface area contributed by atoms with E-state index in [0.717, 1.165) is 18.5 Å². The second-order valence-electron chi connectivity index (χ2n) is 6.62. The summed E-state index contributed by atoms with van der Waals surface area (Å²) < 4.78 is 0. The molecule has 130 valence electrons. The average molecular weight is 335 g/mol. The number of aromatic nitrogens is 1. The highest BCUT2D eigenvalue weighted by atomic mass is 16.2. The molecule has 0 aliphatic carbocycles. The molecule has 0 aliphatic heterocycles. The minimum Gasteiger partial charge on any atom is -0.361 e. The van der Waals surface area contributed by atoms with E-state index in [1.165, 1.54) is 22.1 Å². The zero-order chi connectivity index (χ0) is 17.6. The van der Waals surface area contributed by atoms with Crippen molar-refractivity contribution in [2.45, 2.75) is 19.9 Å². The number of nitrogens with zero attached hydrogens (tertiary/aromatic N) is 1. The van der Waals surface area contributed by atoms with E-state index in [0.29, 0.717) is 13.1 Å². The Balaban J connectivity index is 1.44. The van der Waals surface area contributed by atoms with Crippen LogP contribution in [0.2, 0.25) is 0 Å². The highest BCUT2D eigenvalue weighted by molar-refractivity contribution is 5.83. The van der Waals surface area contributed by atoms with Crippen LogP contribution in [0.5, 0.6) is 0 Å². The number of hydrogen-bond donors (Lipinski definition) is 2. The van der Waals surface area contributed by atoms with Crippen molar-refractivity contribution in [1.82, 2.24) is 15.2 Å². The number of carbonyl (C=O) groups excluding carboxylic acids is 1. The summed E-state index contributed by atoms with van der Waals surface area (Å²) >= 11 is 0. The van der Waals surface area contributed by atoms with Gasteiger partial charge in [-0.1, -0.05) is 48.0 Å². The Morgan fingerprint density at radius 3 is 2.68 bits per heavy atom. The number of hydrogen-bond acceptors (Lipinski definition) is 2. The summed E-state index contributed by atoms with van der Waals surface area (Å²) in [6.45, 7) is 3.91. The molecule has 0 saturated heterocycles. The lowest BCUT2D eigenvalue weighted by Gasteiger charge is -2.16. The number of para-hydroxylation sites is 1. The molecule has 1 aromatic heterocycles. The third-order valence-corrected chi connectivity index (χ3v) is 4.38. The normalized spacial score (nSPS) is 11.2. The van der Waals surface area contributed by atoms with Gasteiger partial charge in [-0.05, 0) is 37.6 Å². The molecular formula is C21H25N3O. The number of benzene rings is 2. The molecule has 1 amide bonds. The van der Waals surface area contributed by atoms with E-state index in [1.54, 1.807) is 0 Å². The van der Waals surface area contributed by atoms with Gasteiger partial charge in [0.1, 0.15) is 0 Å². The SMILES string of the molecule is Cc1ccc(CN(C)CC(=O)NCCc2c[nH]c3ccccc23)cc1. The molecule has 0 aliphatic rings. The molecule has 2 aromatic carbocycles. The number of likely N-dealkylation sites (N-methyl/N-ethyl adjacent to an activating group) is 1. The molecule has 1 heterocycles. The maximum Gasteiger partial charge on any atom is 0.234 e. The Morgan fingerprint density at radius 1 is 1.12 bits per heavy atom. The lowest BCUT2D eigenvalue weighted by atomic mass is 10.1. The first-order valence-electron chi connectivity index (χ1n) is 8.67. The lowest BCUT2D eigenvalue weighted by Crippen LogP contribution is -2.35. The number of aromatic amines is 1. The fraction of sp³-hybridized carbons (Fsp3) is 0.286. The average Bonchev–Trinajstić information content (AvgIpc) is 3.00. The van der Waals surface area contributed by atoms with Crippen LogP contribution >= 0.6 is 0 Å². The number of fused-ring (bicyclic) bond motifs is 1. The summed E-state index contributed by atoms with van der Waals surface area (Å²) in [4.78, 5) is 17.4. The van der Waals surface area contributed by atoms with Crippen molar-refractivity contribution in [3.05, 3.63) is 71.4 Å². The van der Waals surface area contributed by atoms with Gasteiger partial charge >= 0.3 is 0 Å². The Labute approximate surface area is 148 Å². The number of rotatable bonds is 7. The van der Waals surface area contributed by atoms with E-state index < -0.39 is 0 Å². The standard InChI is InChI=1S/C21H25N3O/c1-16-7-9-17(10-8-16)14-24(2)15-21(25)22-12-11-18-13-23-20-6-4-3-5-19(18)20/h3-10,13,23H,11-12,14-15H2,1-2H3,(H,22,25). The number of carbonyl (C=O) groups is 1. The van der Waals surface area contributed by atoms with Crippen LogP contribution in [-0.4, -0.2) is 35.9 Å². The summed E-state index contributed by atoms with van der Waals surface area (Å²) in [7, 11) is 1.97. The first-order chi connectivity index (χ1) is 12.1. The van der Waals surface area contributed by atoms with Crippen LogP contribution in [0.3, 0.4) is 0 Å². The number of H-pyrrole nitrogens is 1. The van der Waals surface area contributed by atoms with Gasteiger partial charge in [0.15, 0.2) is 0 Å². The number of aryl methyl sites for hydroxylation is 1. The fourth-order valence-electron chi connectivity index (χ4n) is 3.04. The molecule has 0 atom stereocenters. The maximum atomic E-state index is 12.1. The zero-order valence-corrected chi connectivity index (χ0v) is 14.9. The van der Waals surface area contributed by atoms with Gasteiger partial charge < -0.3 is 10.3 Å². The monoisotopic (exact) mass is 335 g/mol. The molecule has 25 heavy (non-hydrogen) atoms. The van der Waals surface area contributed by atoms with Crippen LogP contribution in [0.1, 0.15) is 16.7 Å². The van der Waals surface area contributed by atoms with Gasteiger partial charge in [-0.25, -0.2) is 0 Å². The highest BCUT2D eigenvalue weighted by Crippen LogP contribution is 2.17. The van der Waals surface area contributed by atoms with Gasteiger partial charge in [0, 0.05) is 30.2 Å². The van der Waals surface area contributed by atoms with Crippen molar-refractivity contribution in [3.8, 4) is 0 Å².